The van der Waals surface area contributed by atoms with Crippen LogP contribution >= 0.6 is 0 Å². The predicted octanol–water partition coefficient (Wildman–Crippen LogP) is 2.54. The van der Waals surface area contributed by atoms with Crippen LogP contribution < -0.4 is 4.74 Å². The van der Waals surface area contributed by atoms with Gasteiger partial charge >= 0.3 is 0 Å². The Kier molecular flexibility index (Phi) is 4.02. The Balaban J connectivity index is 2.19. The topological polar surface area (TPSA) is 38.7 Å². The summed E-state index contributed by atoms with van der Waals surface area (Å²) in [6, 6.07) is 7.63. The second kappa shape index (κ2) is 5.52. The summed E-state index contributed by atoms with van der Waals surface area (Å²) in [4.78, 5) is 0. The van der Waals surface area contributed by atoms with Crippen LogP contribution in [0, 0.1) is 5.92 Å². The molecule has 1 aromatic carbocycles. The fraction of sp³-hybridized carbons (Fsp3) is 0.571. The standard InChI is InChI=1S/C14H20O3/c1-3-17-12-7-5-4-6-11(12)13(15)14(16-2)10-8-9-10/h4-7,10,13-15H,3,8-9H2,1-2H3. The Labute approximate surface area is 102 Å². The highest BCUT2D eigenvalue weighted by Gasteiger charge is 2.37. The van der Waals surface area contributed by atoms with Gasteiger partial charge < -0.3 is 14.6 Å². The molecular formula is C14H20O3. The van der Waals surface area contributed by atoms with Crippen LogP contribution in [-0.2, 0) is 4.74 Å². The van der Waals surface area contributed by atoms with Gasteiger partial charge in [-0.2, -0.15) is 0 Å². The van der Waals surface area contributed by atoms with E-state index in [2.05, 4.69) is 0 Å². The first-order chi connectivity index (χ1) is 8.27. The van der Waals surface area contributed by atoms with Crippen molar-refractivity contribution in [3.8, 4) is 5.75 Å². The number of para-hydroxylation sites is 1. The number of benzene rings is 1. The summed E-state index contributed by atoms with van der Waals surface area (Å²) in [5.74, 6) is 1.25. The second-order valence-electron chi connectivity index (χ2n) is 4.45. The summed E-state index contributed by atoms with van der Waals surface area (Å²) in [7, 11) is 1.66. The third-order valence-electron chi connectivity index (χ3n) is 3.21. The zero-order valence-electron chi connectivity index (χ0n) is 10.4. The van der Waals surface area contributed by atoms with Gasteiger partial charge in [0.05, 0.1) is 12.7 Å². The molecule has 2 unspecified atom stereocenters. The third-order valence-corrected chi connectivity index (χ3v) is 3.21. The molecule has 1 aromatic rings. The lowest BCUT2D eigenvalue weighted by Gasteiger charge is -2.23. The highest BCUT2D eigenvalue weighted by molar-refractivity contribution is 5.36. The molecule has 0 aromatic heterocycles. The van der Waals surface area contributed by atoms with Gasteiger partial charge in [-0.05, 0) is 31.7 Å². The minimum atomic E-state index is -0.602. The number of hydrogen-bond donors (Lipinski definition) is 1. The maximum atomic E-state index is 10.4. The van der Waals surface area contributed by atoms with E-state index in [0.717, 1.165) is 24.2 Å². The number of methoxy groups -OCH3 is 1. The monoisotopic (exact) mass is 236 g/mol. The maximum absolute atomic E-state index is 10.4. The van der Waals surface area contributed by atoms with Gasteiger partial charge in [-0.25, -0.2) is 0 Å². The van der Waals surface area contributed by atoms with Crippen LogP contribution in [0.2, 0.25) is 0 Å². The lowest BCUT2D eigenvalue weighted by Crippen LogP contribution is -2.23. The molecule has 17 heavy (non-hydrogen) atoms. The Bertz CT molecular complexity index is 360. The van der Waals surface area contributed by atoms with Gasteiger partial charge in [-0.3, -0.25) is 0 Å². The van der Waals surface area contributed by atoms with E-state index < -0.39 is 6.10 Å². The van der Waals surface area contributed by atoms with Crippen molar-refractivity contribution in [3.05, 3.63) is 29.8 Å². The number of aliphatic hydroxyl groups excluding tert-OH is 1. The number of aliphatic hydroxyl groups is 1. The second-order valence-corrected chi connectivity index (χ2v) is 4.45. The van der Waals surface area contributed by atoms with E-state index in [0.29, 0.717) is 12.5 Å². The summed E-state index contributed by atoms with van der Waals surface area (Å²) in [5, 5.41) is 10.4. The quantitative estimate of drug-likeness (QED) is 0.825. The van der Waals surface area contributed by atoms with E-state index in [4.69, 9.17) is 9.47 Å². The molecule has 0 bridgehead atoms. The molecule has 1 aliphatic carbocycles. The van der Waals surface area contributed by atoms with E-state index in [1.807, 2.05) is 31.2 Å². The van der Waals surface area contributed by atoms with Gasteiger partial charge in [0, 0.05) is 12.7 Å². The average molecular weight is 236 g/mol. The molecular weight excluding hydrogens is 216 g/mol. The molecule has 0 amide bonds. The molecule has 0 saturated heterocycles. The largest absolute Gasteiger partial charge is 0.493 e. The van der Waals surface area contributed by atoms with E-state index in [1.165, 1.54) is 0 Å². The summed E-state index contributed by atoms with van der Waals surface area (Å²) in [5.41, 5.74) is 0.827. The van der Waals surface area contributed by atoms with Crippen molar-refractivity contribution in [2.24, 2.45) is 5.92 Å². The zero-order valence-corrected chi connectivity index (χ0v) is 10.4. The van der Waals surface area contributed by atoms with Gasteiger partial charge in [0.2, 0.25) is 0 Å². The van der Waals surface area contributed by atoms with Gasteiger partial charge in [0.25, 0.3) is 0 Å². The van der Waals surface area contributed by atoms with E-state index in [9.17, 15) is 5.11 Å². The molecule has 3 nitrogen and oxygen atoms in total. The minimum absolute atomic E-state index is 0.114. The molecule has 0 spiro atoms. The number of rotatable bonds is 6. The first-order valence-electron chi connectivity index (χ1n) is 6.20. The van der Waals surface area contributed by atoms with E-state index in [1.54, 1.807) is 7.11 Å². The molecule has 0 radical (unpaired) electrons. The average Bonchev–Trinajstić information content (AvgIpc) is 3.15. The van der Waals surface area contributed by atoms with Crippen molar-refractivity contribution in [1.29, 1.82) is 0 Å². The molecule has 1 N–H and O–H groups in total. The van der Waals surface area contributed by atoms with Gasteiger partial charge in [-0.1, -0.05) is 18.2 Å². The molecule has 1 fully saturated rings. The molecule has 0 aliphatic heterocycles. The van der Waals surface area contributed by atoms with Crippen molar-refractivity contribution in [1.82, 2.24) is 0 Å². The van der Waals surface area contributed by atoms with Gasteiger partial charge in [0.15, 0.2) is 0 Å². The molecule has 1 aliphatic rings. The molecule has 1 saturated carbocycles. The van der Waals surface area contributed by atoms with Crippen molar-refractivity contribution in [3.63, 3.8) is 0 Å². The van der Waals surface area contributed by atoms with E-state index in [-0.39, 0.29) is 6.10 Å². The van der Waals surface area contributed by atoms with Gasteiger partial charge in [-0.15, -0.1) is 0 Å². The molecule has 3 heteroatoms. The molecule has 2 rings (SSSR count). The SMILES string of the molecule is CCOc1ccccc1C(O)C(OC)C1CC1. The first kappa shape index (κ1) is 12.4. The Morgan fingerprint density at radius 2 is 2.06 bits per heavy atom. The predicted molar refractivity (Wildman–Crippen MR) is 66.1 cm³/mol. The van der Waals surface area contributed by atoms with Crippen LogP contribution in [0.5, 0.6) is 5.75 Å². The fourth-order valence-electron chi connectivity index (χ4n) is 2.19. The maximum Gasteiger partial charge on any atom is 0.125 e. The summed E-state index contributed by atoms with van der Waals surface area (Å²) in [6.07, 6.45) is 1.57. The van der Waals surface area contributed by atoms with Crippen LogP contribution in [0.3, 0.4) is 0 Å². The Morgan fingerprint density at radius 1 is 1.35 bits per heavy atom. The molecule has 0 heterocycles. The van der Waals surface area contributed by atoms with Crippen molar-refractivity contribution in [2.75, 3.05) is 13.7 Å². The summed E-state index contributed by atoms with van der Waals surface area (Å²) in [6.45, 7) is 2.54. The Morgan fingerprint density at radius 3 is 2.65 bits per heavy atom. The van der Waals surface area contributed by atoms with Crippen LogP contribution in [0.15, 0.2) is 24.3 Å². The van der Waals surface area contributed by atoms with Crippen LogP contribution in [0.25, 0.3) is 0 Å². The highest BCUT2D eigenvalue weighted by Crippen LogP contribution is 2.41. The van der Waals surface area contributed by atoms with Crippen LogP contribution in [0.4, 0.5) is 0 Å². The minimum Gasteiger partial charge on any atom is -0.493 e. The summed E-state index contributed by atoms with van der Waals surface area (Å²) >= 11 is 0. The lowest BCUT2D eigenvalue weighted by atomic mass is 10.00. The normalized spacial score (nSPS) is 18.8. The van der Waals surface area contributed by atoms with Crippen molar-refractivity contribution < 1.29 is 14.6 Å². The molecule has 2 atom stereocenters. The lowest BCUT2D eigenvalue weighted by molar-refractivity contribution is -0.0270. The van der Waals surface area contributed by atoms with Crippen molar-refractivity contribution in [2.45, 2.75) is 32.0 Å². The smallest absolute Gasteiger partial charge is 0.125 e. The highest BCUT2D eigenvalue weighted by atomic mass is 16.5. The number of hydrogen-bond acceptors (Lipinski definition) is 3. The van der Waals surface area contributed by atoms with Crippen LogP contribution in [0.1, 0.15) is 31.4 Å². The zero-order chi connectivity index (χ0) is 12.3. The summed E-state index contributed by atoms with van der Waals surface area (Å²) < 4.78 is 11.0. The van der Waals surface area contributed by atoms with Crippen LogP contribution in [-0.4, -0.2) is 24.9 Å². The van der Waals surface area contributed by atoms with Crippen molar-refractivity contribution >= 4 is 0 Å². The first-order valence-corrected chi connectivity index (χ1v) is 6.20. The molecule has 94 valence electrons. The van der Waals surface area contributed by atoms with Gasteiger partial charge in [0.1, 0.15) is 11.9 Å². The fourth-order valence-corrected chi connectivity index (χ4v) is 2.19. The van der Waals surface area contributed by atoms with E-state index >= 15 is 0 Å². The Hall–Kier alpha value is -1.06. The third kappa shape index (κ3) is 2.79. The number of ether oxygens (including phenoxy) is 2.